The van der Waals surface area contributed by atoms with E-state index in [1.807, 2.05) is 0 Å². The van der Waals surface area contributed by atoms with Crippen molar-refractivity contribution in [3.8, 4) is 11.5 Å². The molecule has 6 nitrogen and oxygen atoms in total. The largest absolute Gasteiger partial charge is 0.478 e. The summed E-state index contributed by atoms with van der Waals surface area (Å²) in [6.45, 7) is -6.63. The normalized spacial score (nSPS) is 11.0. The average molecular weight is 505 g/mol. The van der Waals surface area contributed by atoms with Crippen LogP contribution in [-0.2, 0) is 6.54 Å². The molecule has 0 amide bonds. The molecule has 0 aliphatic rings. The third-order valence-corrected chi connectivity index (χ3v) is 5.00. The highest BCUT2D eigenvalue weighted by Crippen LogP contribution is 2.38. The Bertz CT molecular complexity index is 1130. The van der Waals surface area contributed by atoms with Crippen molar-refractivity contribution in [2.75, 3.05) is 4.90 Å². The van der Waals surface area contributed by atoms with Gasteiger partial charge in [-0.15, -0.1) is 0 Å². The summed E-state index contributed by atoms with van der Waals surface area (Å²) in [5, 5.41) is 9.74. The van der Waals surface area contributed by atoms with E-state index in [1.165, 1.54) is 41.6 Å². The summed E-state index contributed by atoms with van der Waals surface area (Å²) in [5.41, 5.74) is 0.854. The molecule has 1 N–H and O–H groups in total. The highest BCUT2D eigenvalue weighted by Gasteiger charge is 2.21. The minimum atomic E-state index is -3.31. The van der Waals surface area contributed by atoms with Gasteiger partial charge in [0.05, 0.1) is 22.2 Å². The Morgan fingerprint density at radius 1 is 0.939 bits per heavy atom. The zero-order chi connectivity index (χ0) is 24.1. The molecular weight excluding hydrogens is 491 g/mol. The number of benzene rings is 2. The van der Waals surface area contributed by atoms with Gasteiger partial charge in [-0.2, -0.15) is 17.6 Å². The molecule has 0 aliphatic heterocycles. The molecule has 0 atom stereocenters. The fourth-order valence-electron chi connectivity index (χ4n) is 2.93. The van der Waals surface area contributed by atoms with E-state index in [2.05, 4.69) is 14.5 Å². The van der Waals surface area contributed by atoms with E-state index in [4.69, 9.17) is 23.2 Å². The van der Waals surface area contributed by atoms with Crippen LogP contribution in [0.2, 0.25) is 10.0 Å². The zero-order valence-electron chi connectivity index (χ0n) is 16.4. The van der Waals surface area contributed by atoms with Gasteiger partial charge in [0, 0.05) is 35.4 Å². The average Bonchev–Trinajstić information content (AvgIpc) is 2.74. The van der Waals surface area contributed by atoms with Crippen LogP contribution in [0.1, 0.15) is 15.9 Å². The number of pyridine rings is 1. The summed E-state index contributed by atoms with van der Waals surface area (Å²) in [5.74, 6) is -2.44. The second kappa shape index (κ2) is 10.6. The van der Waals surface area contributed by atoms with Crippen LogP contribution in [-0.4, -0.2) is 29.3 Å². The van der Waals surface area contributed by atoms with E-state index in [9.17, 15) is 27.5 Å². The molecule has 0 saturated heterocycles. The molecular formula is C21H14Cl2F4N2O4. The van der Waals surface area contributed by atoms with Crippen LogP contribution in [0.4, 0.5) is 28.9 Å². The second-order valence-electron chi connectivity index (χ2n) is 6.41. The topological polar surface area (TPSA) is 71.9 Å². The maximum absolute atomic E-state index is 12.9. The lowest BCUT2D eigenvalue weighted by Gasteiger charge is -2.27. The van der Waals surface area contributed by atoms with Gasteiger partial charge in [-0.05, 0) is 30.3 Å². The second-order valence-corrected chi connectivity index (χ2v) is 7.23. The van der Waals surface area contributed by atoms with Crippen molar-refractivity contribution in [3.63, 3.8) is 0 Å². The number of aromatic carboxylic acids is 1. The van der Waals surface area contributed by atoms with Crippen LogP contribution in [0.15, 0.2) is 54.9 Å². The maximum atomic E-state index is 12.9. The van der Waals surface area contributed by atoms with Gasteiger partial charge in [0.25, 0.3) is 0 Å². The van der Waals surface area contributed by atoms with Gasteiger partial charge in [0.1, 0.15) is 0 Å². The lowest BCUT2D eigenvalue weighted by Crippen LogP contribution is -2.18. The lowest BCUT2D eigenvalue weighted by atomic mass is 10.1. The fraction of sp³-hybridized carbons (Fsp3) is 0.143. The molecule has 0 aliphatic carbocycles. The molecule has 0 radical (unpaired) electrons. The maximum Gasteiger partial charge on any atom is 0.387 e. The van der Waals surface area contributed by atoms with Gasteiger partial charge in [0.2, 0.25) is 0 Å². The standard InChI is InChI=1S/C21H14Cl2F4N2O4/c22-15-8-28-9-16(23)14(15)10-29(12-3-1-2-11(6-12)19(30)31)13-4-5-17(32-20(24)25)18(7-13)33-21(26)27/h1-9,20-21H,10H2,(H,30,31). The minimum absolute atomic E-state index is 0.0492. The number of hydrogen-bond donors (Lipinski definition) is 1. The Hall–Kier alpha value is -3.24. The quantitative estimate of drug-likeness (QED) is 0.330. The highest BCUT2D eigenvalue weighted by molar-refractivity contribution is 6.35. The van der Waals surface area contributed by atoms with E-state index < -0.39 is 30.7 Å². The van der Waals surface area contributed by atoms with Crippen molar-refractivity contribution in [2.45, 2.75) is 19.8 Å². The number of ether oxygens (including phenoxy) is 2. The van der Waals surface area contributed by atoms with Gasteiger partial charge in [-0.25, -0.2) is 4.79 Å². The molecule has 0 unspecified atom stereocenters. The van der Waals surface area contributed by atoms with Crippen molar-refractivity contribution in [2.24, 2.45) is 0 Å². The number of rotatable bonds is 9. The van der Waals surface area contributed by atoms with E-state index in [1.54, 1.807) is 6.07 Å². The molecule has 1 heterocycles. The van der Waals surface area contributed by atoms with Crippen LogP contribution in [0.3, 0.4) is 0 Å². The third kappa shape index (κ3) is 6.17. The van der Waals surface area contributed by atoms with E-state index >= 15 is 0 Å². The summed E-state index contributed by atoms with van der Waals surface area (Å²) >= 11 is 12.4. The number of hydrogen-bond acceptors (Lipinski definition) is 5. The Morgan fingerprint density at radius 2 is 1.55 bits per heavy atom. The monoisotopic (exact) mass is 504 g/mol. The van der Waals surface area contributed by atoms with Crippen molar-refractivity contribution >= 4 is 40.5 Å². The van der Waals surface area contributed by atoms with Gasteiger partial charge < -0.3 is 19.5 Å². The zero-order valence-corrected chi connectivity index (χ0v) is 17.9. The number of carboxylic acid groups (broad SMARTS) is 1. The lowest BCUT2D eigenvalue weighted by molar-refractivity contribution is -0.0692. The number of carbonyl (C=O) groups is 1. The van der Waals surface area contributed by atoms with Gasteiger partial charge in [-0.1, -0.05) is 29.3 Å². The molecule has 174 valence electrons. The van der Waals surface area contributed by atoms with E-state index in [-0.39, 0.29) is 27.8 Å². The van der Waals surface area contributed by atoms with Gasteiger partial charge in [0.15, 0.2) is 11.5 Å². The van der Waals surface area contributed by atoms with E-state index in [0.29, 0.717) is 11.3 Å². The smallest absolute Gasteiger partial charge is 0.387 e. The van der Waals surface area contributed by atoms with Crippen molar-refractivity contribution in [1.29, 1.82) is 0 Å². The van der Waals surface area contributed by atoms with Crippen LogP contribution in [0.5, 0.6) is 11.5 Å². The molecule has 2 aromatic carbocycles. The third-order valence-electron chi connectivity index (χ3n) is 4.34. The molecule has 33 heavy (non-hydrogen) atoms. The molecule has 12 heteroatoms. The summed E-state index contributed by atoms with van der Waals surface area (Å²) in [4.78, 5) is 16.8. The van der Waals surface area contributed by atoms with Gasteiger partial charge in [-0.3, -0.25) is 4.98 Å². The predicted octanol–water partition coefficient (Wildman–Crippen LogP) is 6.63. The Morgan fingerprint density at radius 3 is 2.15 bits per heavy atom. The van der Waals surface area contributed by atoms with Crippen molar-refractivity contribution < 1.29 is 36.9 Å². The highest BCUT2D eigenvalue weighted by atomic mass is 35.5. The fourth-order valence-corrected chi connectivity index (χ4v) is 3.42. The van der Waals surface area contributed by atoms with E-state index in [0.717, 1.165) is 12.1 Å². The number of carboxylic acids is 1. The predicted molar refractivity (Wildman–Crippen MR) is 113 cm³/mol. The molecule has 3 aromatic rings. The summed E-state index contributed by atoms with van der Waals surface area (Å²) < 4.78 is 59.8. The van der Waals surface area contributed by atoms with Crippen LogP contribution in [0.25, 0.3) is 0 Å². The van der Waals surface area contributed by atoms with Crippen LogP contribution in [0, 0.1) is 0 Å². The molecule has 1 aromatic heterocycles. The molecule has 0 bridgehead atoms. The summed E-state index contributed by atoms with van der Waals surface area (Å²) in [6, 6.07) is 9.14. The number of aromatic nitrogens is 1. The Kier molecular flexibility index (Phi) is 7.83. The first-order chi connectivity index (χ1) is 15.7. The molecule has 0 saturated carbocycles. The molecule has 0 fully saturated rings. The summed E-state index contributed by atoms with van der Waals surface area (Å²) in [7, 11) is 0. The number of anilines is 2. The number of halogens is 6. The molecule has 3 rings (SSSR count). The first-order valence-electron chi connectivity index (χ1n) is 9.08. The van der Waals surface area contributed by atoms with Crippen molar-refractivity contribution in [1.82, 2.24) is 4.98 Å². The minimum Gasteiger partial charge on any atom is -0.478 e. The summed E-state index contributed by atoms with van der Waals surface area (Å²) in [6.07, 6.45) is 2.69. The van der Waals surface area contributed by atoms with Crippen molar-refractivity contribution in [3.05, 3.63) is 76.0 Å². The van der Waals surface area contributed by atoms with Crippen LogP contribution >= 0.6 is 23.2 Å². The Labute approximate surface area is 194 Å². The van der Waals surface area contributed by atoms with Gasteiger partial charge >= 0.3 is 19.2 Å². The number of alkyl halides is 4. The first-order valence-corrected chi connectivity index (χ1v) is 9.83. The first kappa shape index (κ1) is 24.4. The SMILES string of the molecule is O=C(O)c1cccc(N(Cc2c(Cl)cncc2Cl)c2ccc(OC(F)F)c(OC(F)F)c2)c1. The van der Waals surface area contributed by atoms with Crippen LogP contribution < -0.4 is 14.4 Å². The number of nitrogens with zero attached hydrogens (tertiary/aromatic N) is 2. The molecule has 0 spiro atoms. The Balaban J connectivity index is 2.14.